The molecule has 2 rings (SSSR count). The third kappa shape index (κ3) is 2.14. The van der Waals surface area contributed by atoms with Crippen molar-refractivity contribution in [3.05, 3.63) is 16.4 Å². The van der Waals surface area contributed by atoms with Crippen LogP contribution in [0.2, 0.25) is 5.02 Å². The van der Waals surface area contributed by atoms with E-state index in [0.717, 1.165) is 24.2 Å². The summed E-state index contributed by atoms with van der Waals surface area (Å²) in [5.41, 5.74) is 0.235. The number of aromatic nitrogens is 2. The van der Waals surface area contributed by atoms with E-state index >= 15 is 0 Å². The van der Waals surface area contributed by atoms with Gasteiger partial charge >= 0.3 is 0 Å². The number of halogens is 1. The lowest BCUT2D eigenvalue weighted by Gasteiger charge is -2.22. The van der Waals surface area contributed by atoms with Gasteiger partial charge in [-0.3, -0.25) is 9.48 Å². The minimum Gasteiger partial charge on any atom is -0.297 e. The number of carbonyl (C=O) groups is 1. The Morgan fingerprint density at radius 2 is 2.10 bits per heavy atom. The zero-order valence-electron chi connectivity index (χ0n) is 12.5. The number of nitrogens with zero attached hydrogens (tertiary/aromatic N) is 3. The van der Waals surface area contributed by atoms with Gasteiger partial charge in [-0.2, -0.15) is 10.4 Å². The first-order chi connectivity index (χ1) is 9.27. The van der Waals surface area contributed by atoms with Gasteiger partial charge in [-0.1, -0.05) is 32.4 Å². The van der Waals surface area contributed by atoms with Crippen molar-refractivity contribution in [2.75, 3.05) is 0 Å². The number of ketones is 1. The molecular formula is C15H20ClN3O. The molecular weight excluding hydrogens is 274 g/mol. The van der Waals surface area contributed by atoms with Crippen LogP contribution >= 0.6 is 11.6 Å². The SMILES string of the molecule is CCc1nn(C)c(CC2(C#N)CCC(C)(C)C2=O)c1Cl. The van der Waals surface area contributed by atoms with E-state index in [1.54, 1.807) is 4.68 Å². The van der Waals surface area contributed by atoms with Gasteiger partial charge in [0.05, 0.1) is 22.5 Å². The summed E-state index contributed by atoms with van der Waals surface area (Å²) in [6, 6.07) is 2.26. The monoisotopic (exact) mass is 293 g/mol. The average Bonchev–Trinajstić information content (AvgIpc) is 2.81. The van der Waals surface area contributed by atoms with Crippen LogP contribution in [-0.2, 0) is 24.7 Å². The zero-order chi connectivity index (χ0) is 15.1. The van der Waals surface area contributed by atoms with Crippen LogP contribution in [0.25, 0.3) is 0 Å². The van der Waals surface area contributed by atoms with Gasteiger partial charge in [0.1, 0.15) is 5.41 Å². The first-order valence-corrected chi connectivity index (χ1v) is 7.31. The average molecular weight is 294 g/mol. The third-order valence-corrected chi connectivity index (χ3v) is 4.85. The van der Waals surface area contributed by atoms with Gasteiger partial charge in [0, 0.05) is 18.9 Å². The second-order valence-corrected chi connectivity index (χ2v) is 6.65. The Labute approximate surface area is 124 Å². The van der Waals surface area contributed by atoms with E-state index in [4.69, 9.17) is 11.6 Å². The Kier molecular flexibility index (Phi) is 3.68. The largest absolute Gasteiger partial charge is 0.297 e. The highest BCUT2D eigenvalue weighted by Crippen LogP contribution is 2.47. The molecule has 1 aromatic heterocycles. The van der Waals surface area contributed by atoms with E-state index in [-0.39, 0.29) is 5.78 Å². The second-order valence-electron chi connectivity index (χ2n) is 6.27. The topological polar surface area (TPSA) is 58.7 Å². The van der Waals surface area contributed by atoms with Gasteiger partial charge in [0.2, 0.25) is 0 Å². The Morgan fingerprint density at radius 1 is 1.45 bits per heavy atom. The van der Waals surface area contributed by atoms with E-state index in [9.17, 15) is 10.1 Å². The van der Waals surface area contributed by atoms with Gasteiger partial charge in [0.25, 0.3) is 0 Å². The molecule has 5 heteroatoms. The number of rotatable bonds is 3. The number of nitriles is 1. The van der Waals surface area contributed by atoms with Crippen LogP contribution in [0.15, 0.2) is 0 Å². The van der Waals surface area contributed by atoms with Crippen molar-refractivity contribution in [1.29, 1.82) is 5.26 Å². The Bertz CT molecular complexity index is 597. The van der Waals surface area contributed by atoms with Gasteiger partial charge in [0.15, 0.2) is 5.78 Å². The van der Waals surface area contributed by atoms with E-state index in [2.05, 4.69) is 11.2 Å². The van der Waals surface area contributed by atoms with Crippen LogP contribution in [0.4, 0.5) is 0 Å². The van der Waals surface area contributed by atoms with Gasteiger partial charge in [-0.15, -0.1) is 0 Å². The zero-order valence-corrected chi connectivity index (χ0v) is 13.2. The molecule has 20 heavy (non-hydrogen) atoms. The van der Waals surface area contributed by atoms with Crippen LogP contribution < -0.4 is 0 Å². The van der Waals surface area contributed by atoms with E-state index in [0.29, 0.717) is 17.9 Å². The van der Waals surface area contributed by atoms with Crippen molar-refractivity contribution in [2.24, 2.45) is 17.9 Å². The van der Waals surface area contributed by atoms with Crippen LogP contribution in [0.1, 0.15) is 45.0 Å². The molecule has 1 unspecified atom stereocenters. The van der Waals surface area contributed by atoms with Crippen molar-refractivity contribution in [3.63, 3.8) is 0 Å². The van der Waals surface area contributed by atoms with E-state index in [1.165, 1.54) is 0 Å². The molecule has 0 radical (unpaired) electrons. The third-order valence-electron chi connectivity index (χ3n) is 4.41. The van der Waals surface area contributed by atoms with Crippen LogP contribution in [-0.4, -0.2) is 15.6 Å². The minimum absolute atomic E-state index is 0.0304. The predicted octanol–water partition coefficient (Wildman–Crippen LogP) is 3.08. The fourth-order valence-electron chi connectivity index (χ4n) is 3.01. The summed E-state index contributed by atoms with van der Waals surface area (Å²) in [5.74, 6) is 0.0304. The summed E-state index contributed by atoms with van der Waals surface area (Å²) in [5, 5.41) is 14.5. The molecule has 1 atom stereocenters. The fourth-order valence-corrected chi connectivity index (χ4v) is 3.37. The van der Waals surface area contributed by atoms with Crippen molar-refractivity contribution >= 4 is 17.4 Å². The normalized spacial score (nSPS) is 24.9. The molecule has 0 spiro atoms. The molecule has 1 aromatic rings. The molecule has 0 bridgehead atoms. The fraction of sp³-hybridized carbons (Fsp3) is 0.667. The van der Waals surface area contributed by atoms with Crippen molar-refractivity contribution in [1.82, 2.24) is 9.78 Å². The molecule has 0 aliphatic heterocycles. The van der Waals surface area contributed by atoms with Gasteiger partial charge in [-0.25, -0.2) is 0 Å². The highest BCUT2D eigenvalue weighted by molar-refractivity contribution is 6.32. The smallest absolute Gasteiger partial charge is 0.159 e. The molecule has 0 aromatic carbocycles. The Morgan fingerprint density at radius 3 is 2.50 bits per heavy atom. The number of hydrogen-bond acceptors (Lipinski definition) is 3. The minimum atomic E-state index is -0.952. The number of aryl methyl sites for hydroxylation is 2. The molecule has 1 heterocycles. The summed E-state index contributed by atoms with van der Waals surface area (Å²) >= 11 is 6.34. The summed E-state index contributed by atoms with van der Waals surface area (Å²) in [6.45, 7) is 5.81. The number of hydrogen-bond donors (Lipinski definition) is 0. The molecule has 0 N–H and O–H groups in total. The maximum Gasteiger partial charge on any atom is 0.159 e. The molecule has 108 valence electrons. The molecule has 0 saturated heterocycles. The number of carbonyl (C=O) groups excluding carboxylic acids is 1. The highest BCUT2D eigenvalue weighted by atomic mass is 35.5. The second kappa shape index (κ2) is 4.89. The lowest BCUT2D eigenvalue weighted by molar-refractivity contribution is -0.130. The van der Waals surface area contributed by atoms with Crippen molar-refractivity contribution in [3.8, 4) is 6.07 Å². The van der Waals surface area contributed by atoms with Crippen LogP contribution in [0.5, 0.6) is 0 Å². The molecule has 1 fully saturated rings. The predicted molar refractivity (Wildman–Crippen MR) is 77.4 cm³/mol. The standard InChI is InChI=1S/C15H20ClN3O/c1-5-10-12(16)11(19(4)18-10)8-15(9-17)7-6-14(2,3)13(15)20/h5-8H2,1-4H3. The number of Topliss-reactive ketones (excluding diaryl/α,β-unsaturated/α-hetero) is 1. The maximum absolute atomic E-state index is 12.6. The van der Waals surface area contributed by atoms with Gasteiger partial charge < -0.3 is 0 Å². The van der Waals surface area contributed by atoms with Crippen molar-refractivity contribution < 1.29 is 4.79 Å². The van der Waals surface area contributed by atoms with Gasteiger partial charge in [-0.05, 0) is 19.3 Å². The first-order valence-electron chi connectivity index (χ1n) is 6.94. The quantitative estimate of drug-likeness (QED) is 0.860. The van der Waals surface area contributed by atoms with E-state index in [1.807, 2.05) is 27.8 Å². The summed E-state index contributed by atoms with van der Waals surface area (Å²) in [4.78, 5) is 12.6. The van der Waals surface area contributed by atoms with Crippen LogP contribution in [0.3, 0.4) is 0 Å². The summed E-state index contributed by atoms with van der Waals surface area (Å²) < 4.78 is 1.71. The molecule has 1 saturated carbocycles. The first kappa shape index (κ1) is 15.1. The van der Waals surface area contributed by atoms with Crippen molar-refractivity contribution in [2.45, 2.75) is 46.5 Å². The van der Waals surface area contributed by atoms with E-state index < -0.39 is 10.8 Å². The Balaban J connectivity index is 2.41. The Hall–Kier alpha value is -1.34. The summed E-state index contributed by atoms with van der Waals surface area (Å²) in [7, 11) is 1.82. The lowest BCUT2D eigenvalue weighted by atomic mass is 9.78. The molecule has 1 aliphatic carbocycles. The molecule has 1 aliphatic rings. The maximum atomic E-state index is 12.6. The highest BCUT2D eigenvalue weighted by Gasteiger charge is 2.53. The lowest BCUT2D eigenvalue weighted by Crippen LogP contribution is -2.33. The summed E-state index contributed by atoms with van der Waals surface area (Å²) in [6.07, 6.45) is 2.44. The van der Waals surface area contributed by atoms with Crippen LogP contribution in [0, 0.1) is 22.2 Å². The molecule has 0 amide bonds. The molecule has 4 nitrogen and oxygen atoms in total.